The van der Waals surface area contributed by atoms with Gasteiger partial charge in [0.05, 0.1) is 12.7 Å². The lowest BCUT2D eigenvalue weighted by molar-refractivity contribution is -0.134. The predicted molar refractivity (Wildman–Crippen MR) is 57.6 cm³/mol. The molecule has 0 aliphatic carbocycles. The van der Waals surface area contributed by atoms with E-state index < -0.39 is 0 Å². The standard InChI is InChI=1S/C11H18N2O2/c1-8-7-13(3-4-15-8)11(14)9(2)10-5-12-6-10/h8,12H,3-7H2,1-2H3. The number of carbonyl (C=O) groups excluding carboxylic acids is 1. The Kier molecular flexibility index (Phi) is 3.07. The van der Waals surface area contributed by atoms with E-state index >= 15 is 0 Å². The van der Waals surface area contributed by atoms with Crippen LogP contribution in [-0.2, 0) is 9.53 Å². The van der Waals surface area contributed by atoms with Crippen LogP contribution in [-0.4, -0.2) is 49.7 Å². The van der Waals surface area contributed by atoms with Gasteiger partial charge in [0.25, 0.3) is 0 Å². The molecule has 4 nitrogen and oxygen atoms in total. The van der Waals surface area contributed by atoms with Crippen LogP contribution in [0.5, 0.6) is 0 Å². The molecular formula is C11H18N2O2. The molecule has 2 aliphatic rings. The van der Waals surface area contributed by atoms with Crippen molar-refractivity contribution < 1.29 is 9.53 Å². The summed E-state index contributed by atoms with van der Waals surface area (Å²) in [6.07, 6.45) is 0.167. The Bertz CT molecular complexity index is 293. The number of nitrogens with zero attached hydrogens (tertiary/aromatic N) is 1. The average molecular weight is 210 g/mol. The molecule has 0 saturated carbocycles. The lowest BCUT2D eigenvalue weighted by Crippen LogP contribution is -2.46. The van der Waals surface area contributed by atoms with Crippen LogP contribution in [0.15, 0.2) is 11.1 Å². The smallest absolute Gasteiger partial charge is 0.249 e. The van der Waals surface area contributed by atoms with Gasteiger partial charge >= 0.3 is 0 Å². The van der Waals surface area contributed by atoms with Gasteiger partial charge in [-0.05, 0) is 19.4 Å². The zero-order valence-electron chi connectivity index (χ0n) is 9.38. The zero-order chi connectivity index (χ0) is 10.8. The largest absolute Gasteiger partial charge is 0.375 e. The second-order valence-corrected chi connectivity index (χ2v) is 4.26. The van der Waals surface area contributed by atoms with Gasteiger partial charge < -0.3 is 15.0 Å². The van der Waals surface area contributed by atoms with Crippen molar-refractivity contribution in [1.82, 2.24) is 10.2 Å². The first kappa shape index (κ1) is 10.6. The average Bonchev–Trinajstić information content (AvgIpc) is 2.14. The number of rotatable bonds is 1. The monoisotopic (exact) mass is 210 g/mol. The Balaban J connectivity index is 2.00. The van der Waals surface area contributed by atoms with Gasteiger partial charge in [-0.1, -0.05) is 0 Å². The van der Waals surface area contributed by atoms with Crippen molar-refractivity contribution in [1.29, 1.82) is 0 Å². The van der Waals surface area contributed by atoms with E-state index in [0.29, 0.717) is 6.61 Å². The summed E-state index contributed by atoms with van der Waals surface area (Å²) in [5.74, 6) is 0.182. The summed E-state index contributed by atoms with van der Waals surface area (Å²) in [6.45, 7) is 7.78. The highest BCUT2D eigenvalue weighted by atomic mass is 16.5. The maximum absolute atomic E-state index is 12.1. The molecule has 0 aromatic carbocycles. The minimum Gasteiger partial charge on any atom is -0.375 e. The Morgan fingerprint density at radius 3 is 2.80 bits per heavy atom. The van der Waals surface area contributed by atoms with E-state index in [9.17, 15) is 4.79 Å². The normalized spacial score (nSPS) is 26.1. The van der Waals surface area contributed by atoms with E-state index in [1.165, 1.54) is 5.57 Å². The number of nitrogens with one attached hydrogen (secondary N) is 1. The summed E-state index contributed by atoms with van der Waals surface area (Å²) in [6, 6.07) is 0. The molecule has 2 rings (SSSR count). The maximum atomic E-state index is 12.1. The minimum absolute atomic E-state index is 0.167. The number of hydrogen-bond donors (Lipinski definition) is 1. The molecule has 15 heavy (non-hydrogen) atoms. The molecular weight excluding hydrogens is 192 g/mol. The van der Waals surface area contributed by atoms with E-state index in [4.69, 9.17) is 4.74 Å². The van der Waals surface area contributed by atoms with Crippen LogP contribution in [0, 0.1) is 0 Å². The summed E-state index contributed by atoms with van der Waals surface area (Å²) in [7, 11) is 0. The van der Waals surface area contributed by atoms with Gasteiger partial charge in [0.2, 0.25) is 5.91 Å². The third kappa shape index (κ3) is 2.21. The highest BCUT2D eigenvalue weighted by molar-refractivity contribution is 5.94. The van der Waals surface area contributed by atoms with Crippen LogP contribution in [0.1, 0.15) is 13.8 Å². The molecule has 1 amide bonds. The Hall–Kier alpha value is -0.870. The summed E-state index contributed by atoms with van der Waals surface area (Å²) in [5.41, 5.74) is 2.17. The molecule has 1 unspecified atom stereocenters. The van der Waals surface area contributed by atoms with Crippen molar-refractivity contribution in [2.24, 2.45) is 0 Å². The van der Waals surface area contributed by atoms with Crippen molar-refractivity contribution in [3.05, 3.63) is 11.1 Å². The van der Waals surface area contributed by atoms with Crippen LogP contribution in [0.2, 0.25) is 0 Å². The number of morpholine rings is 1. The molecule has 84 valence electrons. The lowest BCUT2D eigenvalue weighted by atomic mass is 10.0. The van der Waals surface area contributed by atoms with Gasteiger partial charge in [-0.3, -0.25) is 4.79 Å². The van der Waals surface area contributed by atoms with Crippen LogP contribution in [0.4, 0.5) is 0 Å². The fourth-order valence-corrected chi connectivity index (χ4v) is 1.91. The molecule has 1 atom stereocenters. The topological polar surface area (TPSA) is 41.6 Å². The number of ether oxygens (including phenoxy) is 1. The molecule has 2 fully saturated rings. The number of hydrogen-bond acceptors (Lipinski definition) is 3. The number of carbonyl (C=O) groups is 1. The first-order chi connectivity index (χ1) is 7.18. The van der Waals surface area contributed by atoms with E-state index in [0.717, 1.165) is 31.8 Å². The molecule has 2 heterocycles. The third-order valence-corrected chi connectivity index (χ3v) is 3.06. The van der Waals surface area contributed by atoms with Crippen LogP contribution >= 0.6 is 0 Å². The molecule has 0 bridgehead atoms. The first-order valence-electron chi connectivity index (χ1n) is 5.48. The van der Waals surface area contributed by atoms with E-state index in [2.05, 4.69) is 5.32 Å². The quantitative estimate of drug-likeness (QED) is 0.627. The molecule has 0 radical (unpaired) electrons. The van der Waals surface area contributed by atoms with E-state index in [1.807, 2.05) is 18.7 Å². The summed E-state index contributed by atoms with van der Waals surface area (Å²) in [5, 5.41) is 3.16. The predicted octanol–water partition coefficient (Wildman–Crippen LogP) is 0.153. The van der Waals surface area contributed by atoms with Crippen molar-refractivity contribution in [3.63, 3.8) is 0 Å². The fraction of sp³-hybridized carbons (Fsp3) is 0.727. The highest BCUT2D eigenvalue weighted by Gasteiger charge is 2.24. The second kappa shape index (κ2) is 4.33. The highest BCUT2D eigenvalue weighted by Crippen LogP contribution is 2.14. The second-order valence-electron chi connectivity index (χ2n) is 4.26. The van der Waals surface area contributed by atoms with Gasteiger partial charge in [-0.15, -0.1) is 0 Å². The lowest BCUT2D eigenvalue weighted by Gasteiger charge is -2.32. The molecule has 0 aromatic heterocycles. The Labute approximate surface area is 90.3 Å². The van der Waals surface area contributed by atoms with Crippen LogP contribution in [0.3, 0.4) is 0 Å². The molecule has 1 N–H and O–H groups in total. The fourth-order valence-electron chi connectivity index (χ4n) is 1.91. The Morgan fingerprint density at radius 2 is 2.27 bits per heavy atom. The van der Waals surface area contributed by atoms with Gasteiger partial charge in [0.1, 0.15) is 0 Å². The minimum atomic E-state index is 0.167. The van der Waals surface area contributed by atoms with Crippen molar-refractivity contribution >= 4 is 5.91 Å². The van der Waals surface area contributed by atoms with E-state index in [1.54, 1.807) is 0 Å². The molecule has 4 heteroatoms. The molecule has 2 saturated heterocycles. The molecule has 0 spiro atoms. The number of amides is 1. The van der Waals surface area contributed by atoms with E-state index in [-0.39, 0.29) is 12.0 Å². The molecule has 2 aliphatic heterocycles. The summed E-state index contributed by atoms with van der Waals surface area (Å²) < 4.78 is 5.42. The van der Waals surface area contributed by atoms with Gasteiger partial charge in [-0.25, -0.2) is 0 Å². The Morgan fingerprint density at radius 1 is 1.53 bits per heavy atom. The third-order valence-electron chi connectivity index (χ3n) is 3.06. The van der Waals surface area contributed by atoms with Crippen LogP contribution in [0.25, 0.3) is 0 Å². The van der Waals surface area contributed by atoms with Crippen molar-refractivity contribution in [2.75, 3.05) is 32.8 Å². The first-order valence-corrected chi connectivity index (χ1v) is 5.48. The van der Waals surface area contributed by atoms with Gasteiger partial charge in [0, 0.05) is 31.8 Å². The van der Waals surface area contributed by atoms with Gasteiger partial charge in [-0.2, -0.15) is 0 Å². The summed E-state index contributed by atoms with van der Waals surface area (Å²) in [4.78, 5) is 14.0. The maximum Gasteiger partial charge on any atom is 0.249 e. The summed E-state index contributed by atoms with van der Waals surface area (Å²) >= 11 is 0. The molecule has 0 aromatic rings. The van der Waals surface area contributed by atoms with Crippen LogP contribution < -0.4 is 5.32 Å². The zero-order valence-corrected chi connectivity index (χ0v) is 9.38. The SMILES string of the molecule is CC(C(=O)N1CCOC(C)C1)=C1CNC1. The van der Waals surface area contributed by atoms with Crippen molar-refractivity contribution in [3.8, 4) is 0 Å². The van der Waals surface area contributed by atoms with Crippen molar-refractivity contribution in [2.45, 2.75) is 20.0 Å². The van der Waals surface area contributed by atoms with Gasteiger partial charge in [0.15, 0.2) is 0 Å².